The van der Waals surface area contributed by atoms with Gasteiger partial charge < -0.3 is 19.3 Å². The molecule has 0 fully saturated rings. The molecule has 5 heteroatoms. The lowest BCUT2D eigenvalue weighted by molar-refractivity contribution is 0.140. The lowest BCUT2D eigenvalue weighted by Crippen LogP contribution is -1.99. The van der Waals surface area contributed by atoms with Crippen molar-refractivity contribution < 1.29 is 23.7 Å². The Hall–Kier alpha value is -2.27. The zero-order valence-corrected chi connectivity index (χ0v) is 11.5. The van der Waals surface area contributed by atoms with E-state index < -0.39 is 6.10 Å². The number of aliphatic hydroxyl groups is 1. The summed E-state index contributed by atoms with van der Waals surface area (Å²) < 4.78 is 29.6. The highest BCUT2D eigenvalue weighted by molar-refractivity contribution is 5.44. The number of halogens is 1. The molecule has 0 aromatic heterocycles. The molecule has 1 atom stereocenters. The van der Waals surface area contributed by atoms with Crippen LogP contribution in [0.4, 0.5) is 4.39 Å². The van der Waals surface area contributed by atoms with Crippen molar-refractivity contribution in [2.45, 2.75) is 12.7 Å². The van der Waals surface area contributed by atoms with Gasteiger partial charge in [0.2, 0.25) is 0 Å². The van der Waals surface area contributed by atoms with Gasteiger partial charge in [-0.3, -0.25) is 0 Å². The van der Waals surface area contributed by atoms with Gasteiger partial charge in [0, 0.05) is 23.3 Å². The van der Waals surface area contributed by atoms with E-state index in [1.165, 1.54) is 13.2 Å². The Morgan fingerprint density at radius 3 is 2.81 bits per heavy atom. The standard InChI is InChI=1S/C16H15FO4/c1-19-11-3-2-10(14(17)6-11)8-20-12-4-5-13-15(18)9-21-16(13)7-12/h2-7,15,18H,8-9H2,1H3. The molecule has 1 aliphatic heterocycles. The van der Waals surface area contributed by atoms with Crippen molar-refractivity contribution in [1.29, 1.82) is 0 Å². The molecule has 1 aliphatic rings. The molecule has 0 spiro atoms. The fourth-order valence-electron chi connectivity index (χ4n) is 2.20. The van der Waals surface area contributed by atoms with E-state index in [0.29, 0.717) is 22.8 Å². The number of ether oxygens (including phenoxy) is 3. The maximum Gasteiger partial charge on any atom is 0.133 e. The minimum Gasteiger partial charge on any atom is -0.497 e. The molecule has 0 saturated carbocycles. The van der Waals surface area contributed by atoms with E-state index >= 15 is 0 Å². The van der Waals surface area contributed by atoms with Crippen LogP contribution in [0.25, 0.3) is 0 Å². The third-order valence-corrected chi connectivity index (χ3v) is 3.40. The molecule has 0 bridgehead atoms. The third-order valence-electron chi connectivity index (χ3n) is 3.40. The van der Waals surface area contributed by atoms with Crippen LogP contribution in [0.15, 0.2) is 36.4 Å². The van der Waals surface area contributed by atoms with Gasteiger partial charge >= 0.3 is 0 Å². The number of aliphatic hydroxyl groups excluding tert-OH is 1. The van der Waals surface area contributed by atoms with Gasteiger partial charge in [0.25, 0.3) is 0 Å². The van der Waals surface area contributed by atoms with Gasteiger partial charge in [0.05, 0.1) is 7.11 Å². The smallest absolute Gasteiger partial charge is 0.133 e. The molecular formula is C16H15FO4. The van der Waals surface area contributed by atoms with Gasteiger partial charge in [-0.25, -0.2) is 4.39 Å². The van der Waals surface area contributed by atoms with Crippen molar-refractivity contribution in [3.8, 4) is 17.2 Å². The van der Waals surface area contributed by atoms with E-state index in [9.17, 15) is 9.50 Å². The highest BCUT2D eigenvalue weighted by atomic mass is 19.1. The van der Waals surface area contributed by atoms with Crippen molar-refractivity contribution >= 4 is 0 Å². The van der Waals surface area contributed by atoms with Gasteiger partial charge in [-0.2, -0.15) is 0 Å². The Labute approximate surface area is 121 Å². The maximum atomic E-state index is 13.8. The first-order chi connectivity index (χ1) is 10.2. The van der Waals surface area contributed by atoms with Gasteiger partial charge in [-0.1, -0.05) is 0 Å². The summed E-state index contributed by atoms with van der Waals surface area (Å²) in [5, 5.41) is 9.64. The maximum absolute atomic E-state index is 13.8. The summed E-state index contributed by atoms with van der Waals surface area (Å²) in [5.41, 5.74) is 1.19. The molecular weight excluding hydrogens is 275 g/mol. The van der Waals surface area contributed by atoms with Crippen LogP contribution in [0.2, 0.25) is 0 Å². The van der Waals surface area contributed by atoms with E-state index in [0.717, 1.165) is 5.56 Å². The summed E-state index contributed by atoms with van der Waals surface area (Å²) in [4.78, 5) is 0. The minimum absolute atomic E-state index is 0.108. The molecule has 21 heavy (non-hydrogen) atoms. The summed E-state index contributed by atoms with van der Waals surface area (Å²) in [7, 11) is 1.49. The second-order valence-electron chi connectivity index (χ2n) is 4.77. The highest BCUT2D eigenvalue weighted by Gasteiger charge is 2.22. The zero-order chi connectivity index (χ0) is 14.8. The summed E-state index contributed by atoms with van der Waals surface area (Å²) in [5.74, 6) is 1.27. The predicted octanol–water partition coefficient (Wildman–Crippen LogP) is 2.84. The number of rotatable bonds is 4. The van der Waals surface area contributed by atoms with Crippen molar-refractivity contribution in [2.75, 3.05) is 13.7 Å². The molecule has 0 radical (unpaired) electrons. The van der Waals surface area contributed by atoms with Crippen LogP contribution >= 0.6 is 0 Å². The van der Waals surface area contributed by atoms with Crippen molar-refractivity contribution in [2.24, 2.45) is 0 Å². The van der Waals surface area contributed by atoms with E-state index in [1.54, 1.807) is 30.3 Å². The van der Waals surface area contributed by atoms with E-state index in [1.807, 2.05) is 0 Å². The Morgan fingerprint density at radius 1 is 1.24 bits per heavy atom. The molecule has 110 valence electrons. The highest BCUT2D eigenvalue weighted by Crippen LogP contribution is 2.35. The molecule has 0 amide bonds. The lowest BCUT2D eigenvalue weighted by Gasteiger charge is -2.09. The van der Waals surface area contributed by atoms with Gasteiger partial charge in [-0.15, -0.1) is 0 Å². The molecule has 0 aliphatic carbocycles. The van der Waals surface area contributed by atoms with Gasteiger partial charge in [0.1, 0.15) is 42.4 Å². The largest absolute Gasteiger partial charge is 0.497 e. The van der Waals surface area contributed by atoms with Crippen molar-refractivity contribution in [3.63, 3.8) is 0 Å². The first-order valence-electron chi connectivity index (χ1n) is 6.57. The molecule has 1 heterocycles. The molecule has 1 unspecified atom stereocenters. The molecule has 2 aromatic carbocycles. The lowest BCUT2D eigenvalue weighted by atomic mass is 10.1. The number of hydrogen-bond donors (Lipinski definition) is 1. The first-order valence-corrected chi connectivity index (χ1v) is 6.57. The second kappa shape index (κ2) is 5.61. The SMILES string of the molecule is COc1ccc(COc2ccc3c(c2)OCC3O)c(F)c1. The quantitative estimate of drug-likeness (QED) is 0.940. The Balaban J connectivity index is 1.71. The molecule has 3 rings (SSSR count). The minimum atomic E-state index is -0.590. The van der Waals surface area contributed by atoms with Crippen molar-refractivity contribution in [1.82, 2.24) is 0 Å². The van der Waals surface area contributed by atoms with Crippen LogP contribution in [-0.2, 0) is 6.61 Å². The molecule has 0 saturated heterocycles. The van der Waals surface area contributed by atoms with Crippen LogP contribution in [0, 0.1) is 5.82 Å². The van der Waals surface area contributed by atoms with Crippen LogP contribution < -0.4 is 14.2 Å². The third kappa shape index (κ3) is 2.78. The van der Waals surface area contributed by atoms with Crippen LogP contribution in [0.1, 0.15) is 17.2 Å². The summed E-state index contributed by atoms with van der Waals surface area (Å²) in [6.45, 7) is 0.364. The summed E-state index contributed by atoms with van der Waals surface area (Å²) >= 11 is 0. The monoisotopic (exact) mass is 290 g/mol. The Kier molecular flexibility index (Phi) is 3.66. The summed E-state index contributed by atoms with van der Waals surface area (Å²) in [6.07, 6.45) is -0.590. The number of fused-ring (bicyclic) bond motifs is 1. The average molecular weight is 290 g/mol. The number of methoxy groups -OCH3 is 1. The normalized spacial score (nSPS) is 16.2. The fraction of sp³-hybridized carbons (Fsp3) is 0.250. The first kappa shape index (κ1) is 13.7. The fourth-order valence-corrected chi connectivity index (χ4v) is 2.20. The van der Waals surface area contributed by atoms with E-state index in [4.69, 9.17) is 14.2 Å². The van der Waals surface area contributed by atoms with E-state index in [-0.39, 0.29) is 19.0 Å². The van der Waals surface area contributed by atoms with Crippen LogP contribution in [0.5, 0.6) is 17.2 Å². The van der Waals surface area contributed by atoms with Crippen molar-refractivity contribution in [3.05, 3.63) is 53.3 Å². The Morgan fingerprint density at radius 2 is 2.05 bits per heavy atom. The molecule has 4 nitrogen and oxygen atoms in total. The number of benzene rings is 2. The average Bonchev–Trinajstić information content (AvgIpc) is 2.87. The zero-order valence-electron chi connectivity index (χ0n) is 11.5. The molecule has 2 aromatic rings. The van der Waals surface area contributed by atoms with Gasteiger partial charge in [0.15, 0.2) is 0 Å². The van der Waals surface area contributed by atoms with Crippen LogP contribution in [0.3, 0.4) is 0 Å². The Bertz CT molecular complexity index is 657. The molecule has 1 N–H and O–H groups in total. The van der Waals surface area contributed by atoms with Gasteiger partial charge in [-0.05, 0) is 24.3 Å². The second-order valence-corrected chi connectivity index (χ2v) is 4.77. The topological polar surface area (TPSA) is 47.9 Å². The summed E-state index contributed by atoms with van der Waals surface area (Å²) in [6, 6.07) is 9.82. The predicted molar refractivity (Wildman–Crippen MR) is 74.2 cm³/mol. The van der Waals surface area contributed by atoms with E-state index in [2.05, 4.69) is 0 Å². The van der Waals surface area contributed by atoms with Crippen LogP contribution in [-0.4, -0.2) is 18.8 Å². The number of hydrogen-bond acceptors (Lipinski definition) is 4.